The van der Waals surface area contributed by atoms with Crippen molar-refractivity contribution in [2.75, 3.05) is 32.4 Å². The van der Waals surface area contributed by atoms with E-state index in [0.717, 1.165) is 44.0 Å². The van der Waals surface area contributed by atoms with Gasteiger partial charge in [0.2, 0.25) is 15.9 Å². The Morgan fingerprint density at radius 2 is 1.78 bits per heavy atom. The molecule has 2 amide bonds. The first kappa shape index (κ1) is 23.7. The third-order valence-electron chi connectivity index (χ3n) is 7.32. The first-order chi connectivity index (χ1) is 15.3. The summed E-state index contributed by atoms with van der Waals surface area (Å²) < 4.78 is 24.7. The van der Waals surface area contributed by atoms with Gasteiger partial charge in [-0.2, -0.15) is 0 Å². The number of piperidine rings is 2. The Hall–Kier alpha value is -1.45. The second-order valence-electron chi connectivity index (χ2n) is 9.56. The summed E-state index contributed by atoms with van der Waals surface area (Å²) in [4.78, 5) is 30.9. The van der Waals surface area contributed by atoms with E-state index in [0.29, 0.717) is 31.0 Å². The van der Waals surface area contributed by atoms with Crippen LogP contribution in [-0.4, -0.2) is 68.5 Å². The van der Waals surface area contributed by atoms with Gasteiger partial charge >= 0.3 is 0 Å². The molecular formula is C23H35N3O4S2. The fourth-order valence-electron chi connectivity index (χ4n) is 5.64. The van der Waals surface area contributed by atoms with Gasteiger partial charge in [0.25, 0.3) is 5.91 Å². The summed E-state index contributed by atoms with van der Waals surface area (Å²) in [5, 5.41) is 2.03. The van der Waals surface area contributed by atoms with Crippen molar-refractivity contribution in [3.8, 4) is 0 Å². The normalized spacial score (nSPS) is 24.9. The molecule has 1 aliphatic carbocycles. The zero-order valence-corrected chi connectivity index (χ0v) is 20.6. The lowest BCUT2D eigenvalue weighted by atomic mass is 9.78. The first-order valence-corrected chi connectivity index (χ1v) is 14.7. The van der Waals surface area contributed by atoms with Gasteiger partial charge in [0.05, 0.1) is 11.8 Å². The van der Waals surface area contributed by atoms with Crippen LogP contribution in [0.15, 0.2) is 11.4 Å². The minimum absolute atomic E-state index is 0.00576. The summed E-state index contributed by atoms with van der Waals surface area (Å²) in [7, 11) is -3.27. The fourth-order valence-corrected chi connectivity index (χ4v) is 7.16. The molecule has 0 unspecified atom stereocenters. The zero-order valence-electron chi connectivity index (χ0n) is 18.9. The molecule has 1 N–H and O–H groups in total. The van der Waals surface area contributed by atoms with Gasteiger partial charge in [0.1, 0.15) is 0 Å². The molecule has 1 aromatic rings. The molecule has 0 bridgehead atoms. The Labute approximate surface area is 195 Å². The van der Waals surface area contributed by atoms with Crippen LogP contribution in [0.1, 0.15) is 78.9 Å². The zero-order chi connectivity index (χ0) is 22.7. The van der Waals surface area contributed by atoms with E-state index in [1.54, 1.807) is 11.3 Å². The van der Waals surface area contributed by atoms with E-state index in [-0.39, 0.29) is 24.8 Å². The highest BCUT2D eigenvalue weighted by Gasteiger charge is 2.36. The minimum Gasteiger partial charge on any atom is -0.343 e. The number of fused-ring (bicyclic) bond motifs is 1. The summed E-state index contributed by atoms with van der Waals surface area (Å²) in [5.41, 5.74) is 0.835. The Morgan fingerprint density at radius 1 is 1.06 bits per heavy atom. The molecule has 9 heteroatoms. The average molecular weight is 482 g/mol. The number of carbonyl (C=O) groups excluding carboxylic acids is 2. The summed E-state index contributed by atoms with van der Waals surface area (Å²) in [6.07, 6.45) is 10.4. The van der Waals surface area contributed by atoms with Gasteiger partial charge in [-0.1, -0.05) is 12.8 Å². The van der Waals surface area contributed by atoms with Crippen molar-refractivity contribution in [3.05, 3.63) is 21.9 Å². The molecule has 2 saturated heterocycles. The van der Waals surface area contributed by atoms with E-state index in [2.05, 4.69) is 15.7 Å². The molecular weight excluding hydrogens is 446 g/mol. The van der Waals surface area contributed by atoms with Gasteiger partial charge in [0, 0.05) is 48.9 Å². The standard InChI is InChI=1S/C23H35N3O4S2/c1-32(29,30)24-11-8-22(27)25-13-9-18(10-14-25)21-15-19(16-31-21)23(28)26-12-4-6-17-5-2-3-7-20(17)26/h15-18,20,24H,2-14H2,1H3/t17-,20-/m1/s1. The largest absolute Gasteiger partial charge is 0.343 e. The maximum atomic E-state index is 13.3. The molecule has 2 atom stereocenters. The van der Waals surface area contributed by atoms with E-state index < -0.39 is 10.0 Å². The topological polar surface area (TPSA) is 86.8 Å². The summed E-state index contributed by atoms with van der Waals surface area (Å²) in [5.74, 6) is 1.27. The highest BCUT2D eigenvalue weighted by Crippen LogP contribution is 2.37. The van der Waals surface area contributed by atoms with Crippen LogP contribution >= 0.6 is 11.3 Å². The van der Waals surface area contributed by atoms with Crippen molar-refractivity contribution in [1.82, 2.24) is 14.5 Å². The highest BCUT2D eigenvalue weighted by molar-refractivity contribution is 7.88. The maximum absolute atomic E-state index is 13.3. The Kier molecular flexibility index (Phi) is 7.57. The molecule has 4 rings (SSSR count). The molecule has 1 saturated carbocycles. The number of nitrogens with one attached hydrogen (secondary N) is 1. The summed E-state index contributed by atoms with van der Waals surface area (Å²) in [6, 6.07) is 2.53. The molecule has 0 radical (unpaired) electrons. The molecule has 2 aliphatic heterocycles. The van der Waals surface area contributed by atoms with E-state index in [1.165, 1.54) is 30.6 Å². The fraction of sp³-hybridized carbons (Fsp3) is 0.739. The van der Waals surface area contributed by atoms with Crippen LogP contribution in [0.3, 0.4) is 0 Å². The molecule has 32 heavy (non-hydrogen) atoms. The van der Waals surface area contributed by atoms with Crippen LogP contribution in [0.2, 0.25) is 0 Å². The van der Waals surface area contributed by atoms with Gasteiger partial charge in [-0.15, -0.1) is 11.3 Å². The Bertz CT molecular complexity index is 919. The van der Waals surface area contributed by atoms with Crippen LogP contribution in [0.5, 0.6) is 0 Å². The van der Waals surface area contributed by atoms with Crippen molar-refractivity contribution in [2.45, 2.75) is 69.7 Å². The Balaban J connectivity index is 1.30. The smallest absolute Gasteiger partial charge is 0.254 e. The maximum Gasteiger partial charge on any atom is 0.254 e. The molecule has 3 fully saturated rings. The minimum atomic E-state index is -3.27. The number of thiophene rings is 1. The molecule has 3 heterocycles. The SMILES string of the molecule is CS(=O)(=O)NCCC(=O)N1CCC(c2cc(C(=O)N3CCC[C@H]4CCCC[C@H]43)cs2)CC1. The van der Waals surface area contributed by atoms with Crippen LogP contribution in [0.25, 0.3) is 0 Å². The van der Waals surface area contributed by atoms with Crippen LogP contribution in [-0.2, 0) is 14.8 Å². The number of amides is 2. The van der Waals surface area contributed by atoms with Gasteiger partial charge in [-0.25, -0.2) is 13.1 Å². The van der Waals surface area contributed by atoms with Crippen molar-refractivity contribution >= 4 is 33.2 Å². The quantitative estimate of drug-likeness (QED) is 0.676. The molecule has 1 aromatic heterocycles. The van der Waals surface area contributed by atoms with Crippen LogP contribution < -0.4 is 4.72 Å². The molecule has 7 nitrogen and oxygen atoms in total. The number of likely N-dealkylation sites (tertiary alicyclic amines) is 2. The molecule has 178 valence electrons. The lowest BCUT2D eigenvalue weighted by molar-refractivity contribution is -0.132. The third-order valence-corrected chi connectivity index (χ3v) is 9.15. The number of hydrogen-bond donors (Lipinski definition) is 1. The van der Waals surface area contributed by atoms with Gasteiger partial charge in [-0.05, 0) is 56.4 Å². The number of hydrogen-bond acceptors (Lipinski definition) is 5. The van der Waals surface area contributed by atoms with E-state index in [9.17, 15) is 18.0 Å². The van der Waals surface area contributed by atoms with Crippen molar-refractivity contribution in [3.63, 3.8) is 0 Å². The van der Waals surface area contributed by atoms with Gasteiger partial charge in [0.15, 0.2) is 0 Å². The third kappa shape index (κ3) is 5.72. The monoisotopic (exact) mass is 481 g/mol. The summed E-state index contributed by atoms with van der Waals surface area (Å²) in [6.45, 7) is 2.39. The van der Waals surface area contributed by atoms with Crippen LogP contribution in [0.4, 0.5) is 0 Å². The second kappa shape index (κ2) is 10.2. The number of carbonyl (C=O) groups is 2. The van der Waals surface area contributed by atoms with Gasteiger partial charge in [-0.3, -0.25) is 9.59 Å². The van der Waals surface area contributed by atoms with E-state index >= 15 is 0 Å². The molecule has 0 spiro atoms. The first-order valence-electron chi connectivity index (χ1n) is 11.9. The lowest BCUT2D eigenvalue weighted by Crippen LogP contribution is -2.49. The highest BCUT2D eigenvalue weighted by atomic mass is 32.2. The number of rotatable bonds is 6. The van der Waals surface area contributed by atoms with Crippen molar-refractivity contribution in [1.29, 1.82) is 0 Å². The van der Waals surface area contributed by atoms with E-state index in [4.69, 9.17) is 0 Å². The number of nitrogens with zero attached hydrogens (tertiary/aromatic N) is 2. The van der Waals surface area contributed by atoms with Crippen molar-refractivity contribution in [2.24, 2.45) is 5.92 Å². The Morgan fingerprint density at radius 3 is 2.53 bits per heavy atom. The van der Waals surface area contributed by atoms with Gasteiger partial charge < -0.3 is 9.80 Å². The molecule has 3 aliphatic rings. The van der Waals surface area contributed by atoms with Crippen molar-refractivity contribution < 1.29 is 18.0 Å². The average Bonchev–Trinajstić information content (AvgIpc) is 3.28. The lowest BCUT2D eigenvalue weighted by Gasteiger charge is -2.44. The predicted molar refractivity (Wildman–Crippen MR) is 126 cm³/mol. The molecule has 0 aromatic carbocycles. The summed E-state index contributed by atoms with van der Waals surface area (Å²) >= 11 is 1.68. The van der Waals surface area contributed by atoms with Crippen LogP contribution in [0, 0.1) is 5.92 Å². The van der Waals surface area contributed by atoms with E-state index in [1.807, 2.05) is 10.3 Å². The second-order valence-corrected chi connectivity index (χ2v) is 12.3. The predicted octanol–water partition coefficient (Wildman–Crippen LogP) is 3.19. The number of sulfonamides is 1.